The molecule has 6 nitrogen and oxygen atoms in total. The molecule has 31 heavy (non-hydrogen) atoms. The highest BCUT2D eigenvalue weighted by atomic mass is 79.9. The van der Waals surface area contributed by atoms with Crippen LogP contribution in [0.2, 0.25) is 0 Å². The molecule has 0 bridgehead atoms. The highest BCUT2D eigenvalue weighted by Crippen LogP contribution is 2.42. The average Bonchev–Trinajstić information content (AvgIpc) is 3.47. The minimum Gasteiger partial charge on any atom is -0.447 e. The van der Waals surface area contributed by atoms with Crippen molar-refractivity contribution in [1.29, 1.82) is 0 Å². The zero-order chi connectivity index (χ0) is 22.2. The molecule has 168 valence electrons. The second-order valence-corrected chi connectivity index (χ2v) is 12.8. The second kappa shape index (κ2) is 9.19. The van der Waals surface area contributed by atoms with Gasteiger partial charge in [0.2, 0.25) is 0 Å². The van der Waals surface area contributed by atoms with E-state index in [9.17, 15) is 13.2 Å². The number of carbonyl (C=O) groups is 1. The predicted octanol–water partition coefficient (Wildman–Crippen LogP) is 5.67. The predicted molar refractivity (Wildman–Crippen MR) is 125 cm³/mol. The normalized spacial score (nSPS) is 21.8. The van der Waals surface area contributed by atoms with Gasteiger partial charge in [-0.15, -0.1) is 11.3 Å². The molecule has 0 radical (unpaired) electrons. The van der Waals surface area contributed by atoms with Crippen LogP contribution in [-0.4, -0.2) is 36.9 Å². The maximum atomic E-state index is 13.0. The summed E-state index contributed by atoms with van der Waals surface area (Å²) in [4.78, 5) is 17.8. The number of rotatable bonds is 6. The largest absolute Gasteiger partial charge is 0.447 e. The van der Waals surface area contributed by atoms with E-state index >= 15 is 0 Å². The fourth-order valence-corrected chi connectivity index (χ4v) is 7.59. The van der Waals surface area contributed by atoms with E-state index in [0.29, 0.717) is 10.8 Å². The molecule has 1 aromatic heterocycles. The first kappa shape index (κ1) is 22.7. The van der Waals surface area contributed by atoms with Gasteiger partial charge < -0.3 is 10.1 Å². The number of alkyl carbamates (subject to hydrolysis) is 1. The summed E-state index contributed by atoms with van der Waals surface area (Å²) in [5.41, 5.74) is 0.741. The van der Waals surface area contributed by atoms with Crippen LogP contribution in [0.15, 0.2) is 33.8 Å². The molecule has 1 amide bonds. The molecule has 4 rings (SSSR count). The molecule has 1 aromatic carbocycles. The third-order valence-corrected chi connectivity index (χ3v) is 9.73. The number of benzene rings is 1. The van der Waals surface area contributed by atoms with Crippen molar-refractivity contribution >= 4 is 43.2 Å². The highest BCUT2D eigenvalue weighted by molar-refractivity contribution is 9.10. The van der Waals surface area contributed by atoms with E-state index in [4.69, 9.17) is 4.74 Å². The molecule has 0 aliphatic heterocycles. The van der Waals surface area contributed by atoms with Gasteiger partial charge in [0.15, 0.2) is 9.84 Å². The first-order chi connectivity index (χ1) is 14.7. The topological polar surface area (TPSA) is 85.4 Å². The molecular formula is C22H27BrN2O4S2. The van der Waals surface area contributed by atoms with Crippen LogP contribution in [0.5, 0.6) is 0 Å². The third kappa shape index (κ3) is 5.31. The number of halogens is 1. The lowest BCUT2D eigenvalue weighted by atomic mass is 9.86. The van der Waals surface area contributed by atoms with Crippen molar-refractivity contribution in [3.63, 3.8) is 0 Å². The summed E-state index contributed by atoms with van der Waals surface area (Å²) >= 11 is 5.00. The number of ether oxygens (including phenoxy) is 1. The number of aromatic nitrogens is 1. The van der Waals surface area contributed by atoms with E-state index in [0.717, 1.165) is 58.4 Å². The molecule has 2 aromatic rings. The van der Waals surface area contributed by atoms with Gasteiger partial charge in [-0.1, -0.05) is 22.0 Å². The smallest absolute Gasteiger partial charge is 0.407 e. The summed E-state index contributed by atoms with van der Waals surface area (Å²) < 4.78 is 31.9. The fourth-order valence-electron chi connectivity index (χ4n) is 3.99. The Bertz CT molecular complexity index is 1060. The van der Waals surface area contributed by atoms with Crippen molar-refractivity contribution in [1.82, 2.24) is 10.3 Å². The number of nitrogens with zero attached hydrogens (tertiary/aromatic N) is 1. The summed E-state index contributed by atoms with van der Waals surface area (Å²) in [6.07, 6.45) is 6.44. The molecule has 2 saturated carbocycles. The second-order valence-electron chi connectivity index (χ2n) is 8.59. The number of amides is 1. The van der Waals surface area contributed by atoms with Gasteiger partial charge in [0, 0.05) is 28.2 Å². The van der Waals surface area contributed by atoms with Crippen LogP contribution in [-0.2, 0) is 14.6 Å². The van der Waals surface area contributed by atoms with E-state index < -0.39 is 9.84 Å². The van der Waals surface area contributed by atoms with E-state index in [1.54, 1.807) is 23.6 Å². The molecule has 0 unspecified atom stereocenters. The number of sulfone groups is 1. The van der Waals surface area contributed by atoms with Gasteiger partial charge in [0.1, 0.15) is 0 Å². The summed E-state index contributed by atoms with van der Waals surface area (Å²) in [6.45, 7) is 3.67. The Morgan fingerprint density at radius 1 is 1.19 bits per heavy atom. The van der Waals surface area contributed by atoms with E-state index in [1.165, 1.54) is 0 Å². The maximum Gasteiger partial charge on any atom is 0.407 e. The zero-order valence-corrected chi connectivity index (χ0v) is 20.9. The van der Waals surface area contributed by atoms with Gasteiger partial charge in [-0.05, 0) is 64.5 Å². The van der Waals surface area contributed by atoms with Crippen LogP contribution < -0.4 is 5.32 Å². The highest BCUT2D eigenvalue weighted by Gasteiger charge is 2.38. The van der Waals surface area contributed by atoms with Crippen LogP contribution in [0.25, 0.3) is 10.4 Å². The van der Waals surface area contributed by atoms with Gasteiger partial charge in [-0.3, -0.25) is 0 Å². The molecule has 0 atom stereocenters. The van der Waals surface area contributed by atoms with Crippen LogP contribution in [0.3, 0.4) is 0 Å². The Hall–Kier alpha value is -1.45. The molecule has 0 spiro atoms. The quantitative estimate of drug-likeness (QED) is 0.523. The Balaban J connectivity index is 1.46. The molecule has 1 heterocycles. The van der Waals surface area contributed by atoms with Crippen molar-refractivity contribution in [2.24, 2.45) is 0 Å². The summed E-state index contributed by atoms with van der Waals surface area (Å²) in [5, 5.41) is 3.74. The van der Waals surface area contributed by atoms with Crippen molar-refractivity contribution in [2.45, 2.75) is 80.6 Å². The lowest BCUT2D eigenvalue weighted by molar-refractivity contribution is 0.109. The van der Waals surface area contributed by atoms with Gasteiger partial charge in [0.05, 0.1) is 26.1 Å². The van der Waals surface area contributed by atoms with Gasteiger partial charge in [-0.25, -0.2) is 18.2 Å². The number of carbonyl (C=O) groups excluding carboxylic acids is 1. The van der Waals surface area contributed by atoms with Gasteiger partial charge >= 0.3 is 6.09 Å². The van der Waals surface area contributed by atoms with Crippen LogP contribution in [0.1, 0.15) is 63.3 Å². The molecule has 2 fully saturated rings. The summed E-state index contributed by atoms with van der Waals surface area (Å²) in [6, 6.07) is 5.60. The fraction of sp³-hybridized carbons (Fsp3) is 0.545. The first-order valence-corrected chi connectivity index (χ1v) is 13.9. The van der Waals surface area contributed by atoms with Gasteiger partial charge in [0.25, 0.3) is 0 Å². The Kier molecular flexibility index (Phi) is 6.74. The molecule has 2 aliphatic carbocycles. The molecular weight excluding hydrogens is 500 g/mol. The number of thiazole rings is 1. The van der Waals surface area contributed by atoms with Crippen molar-refractivity contribution < 1.29 is 17.9 Å². The summed E-state index contributed by atoms with van der Waals surface area (Å²) in [5.74, 6) is 0.330. The molecule has 2 aliphatic rings. The first-order valence-electron chi connectivity index (χ1n) is 10.7. The lowest BCUT2D eigenvalue weighted by Crippen LogP contribution is -2.38. The van der Waals surface area contributed by atoms with Crippen molar-refractivity contribution in [2.75, 3.05) is 0 Å². The number of nitrogens with one attached hydrogen (secondary N) is 1. The van der Waals surface area contributed by atoms with Crippen LogP contribution in [0.4, 0.5) is 4.79 Å². The molecule has 9 heteroatoms. The minimum absolute atomic E-state index is 0.127. The molecule has 1 N–H and O–H groups in total. The standard InChI is InChI=1S/C22H27BrN2O4S2/c1-13(2)29-22(26)25-16-6-3-14(4-7-16)21-24-12-19(30-21)18-10-5-15(23)11-20(18)31(27,28)17-8-9-17/h5,10-14,16-17H,3-4,6-9H2,1-2H3,(H,25,26). The van der Waals surface area contributed by atoms with Crippen LogP contribution in [0, 0.1) is 0 Å². The zero-order valence-electron chi connectivity index (χ0n) is 17.6. The van der Waals surface area contributed by atoms with E-state index in [-0.39, 0.29) is 23.5 Å². The third-order valence-electron chi connectivity index (χ3n) is 5.74. The monoisotopic (exact) mass is 526 g/mol. The van der Waals surface area contributed by atoms with Crippen molar-refractivity contribution in [3.05, 3.63) is 33.9 Å². The van der Waals surface area contributed by atoms with Crippen molar-refractivity contribution in [3.8, 4) is 10.4 Å². The maximum absolute atomic E-state index is 13.0. The molecule has 0 saturated heterocycles. The Morgan fingerprint density at radius 2 is 1.90 bits per heavy atom. The van der Waals surface area contributed by atoms with E-state index in [2.05, 4.69) is 26.2 Å². The summed E-state index contributed by atoms with van der Waals surface area (Å²) in [7, 11) is -3.31. The van der Waals surface area contributed by atoms with Gasteiger partial charge in [-0.2, -0.15) is 0 Å². The Labute approximate surface area is 195 Å². The minimum atomic E-state index is -3.31. The average molecular weight is 528 g/mol. The number of hydrogen-bond acceptors (Lipinski definition) is 6. The van der Waals surface area contributed by atoms with Crippen LogP contribution >= 0.6 is 27.3 Å². The SMILES string of the molecule is CC(C)OC(=O)NC1CCC(c2ncc(-c3ccc(Br)cc3S(=O)(=O)C3CC3)s2)CC1. The Morgan fingerprint density at radius 3 is 2.55 bits per heavy atom. The number of hydrogen-bond donors (Lipinski definition) is 1. The van der Waals surface area contributed by atoms with E-state index in [1.807, 2.05) is 26.0 Å². The lowest BCUT2D eigenvalue weighted by Gasteiger charge is -2.28.